The Balaban J connectivity index is 1.65. The van der Waals surface area contributed by atoms with Crippen LogP contribution >= 0.6 is 0 Å². The van der Waals surface area contributed by atoms with Gasteiger partial charge in [0, 0.05) is 30.4 Å². The van der Waals surface area contributed by atoms with Gasteiger partial charge >= 0.3 is 0 Å². The molecule has 1 amide bonds. The van der Waals surface area contributed by atoms with E-state index < -0.39 is 12.0 Å². The van der Waals surface area contributed by atoms with Crippen LogP contribution in [0.4, 0.5) is 0 Å². The number of rotatable bonds is 7. The van der Waals surface area contributed by atoms with E-state index in [0.29, 0.717) is 13.0 Å². The molecule has 0 spiro atoms. The number of primary amides is 1. The Morgan fingerprint density at radius 1 is 1.36 bits per heavy atom. The maximum absolute atomic E-state index is 11.2. The number of carbonyl (C=O) groups excluding carboxylic acids is 1. The van der Waals surface area contributed by atoms with Crippen molar-refractivity contribution in [3.8, 4) is 5.75 Å². The smallest absolute Gasteiger partial charge is 0.268 e. The van der Waals surface area contributed by atoms with Gasteiger partial charge in [-0.1, -0.05) is 6.07 Å². The fourth-order valence-electron chi connectivity index (χ4n) is 2.74. The molecule has 3 N–H and O–H groups in total. The molecule has 2 unspecified atom stereocenters. The lowest BCUT2D eigenvalue weighted by Crippen LogP contribution is -2.23. The Hall–Kier alpha value is -2.93. The molecule has 0 aliphatic carbocycles. The van der Waals surface area contributed by atoms with Crippen LogP contribution in [0.1, 0.15) is 29.9 Å². The second-order valence-corrected chi connectivity index (χ2v) is 5.90. The molecule has 3 aromatic rings. The third kappa shape index (κ3) is 3.95. The van der Waals surface area contributed by atoms with Crippen molar-refractivity contribution in [1.29, 1.82) is 0 Å². The summed E-state index contributed by atoms with van der Waals surface area (Å²) in [6, 6.07) is 7.50. The summed E-state index contributed by atoms with van der Waals surface area (Å²) in [5.74, 6) is 0.150. The van der Waals surface area contributed by atoms with Crippen molar-refractivity contribution < 1.29 is 14.6 Å². The van der Waals surface area contributed by atoms with Crippen LogP contribution in [0, 0.1) is 0 Å². The Morgan fingerprint density at radius 3 is 2.92 bits per heavy atom. The number of amides is 1. The van der Waals surface area contributed by atoms with Crippen LogP contribution in [-0.2, 0) is 0 Å². The predicted molar refractivity (Wildman–Crippen MR) is 93.3 cm³/mol. The van der Waals surface area contributed by atoms with E-state index in [-0.39, 0.29) is 11.7 Å². The van der Waals surface area contributed by atoms with Crippen molar-refractivity contribution in [1.82, 2.24) is 14.5 Å². The van der Waals surface area contributed by atoms with Crippen molar-refractivity contribution in [2.24, 2.45) is 5.73 Å². The molecule has 25 heavy (non-hydrogen) atoms. The molecule has 2 atom stereocenters. The fourth-order valence-corrected chi connectivity index (χ4v) is 2.74. The molecule has 7 nitrogen and oxygen atoms in total. The third-order valence-corrected chi connectivity index (χ3v) is 4.09. The van der Waals surface area contributed by atoms with E-state index in [2.05, 4.69) is 9.97 Å². The molecular formula is C18H20N4O3. The lowest BCUT2D eigenvalue weighted by molar-refractivity contribution is 0.0993. The minimum atomic E-state index is -0.626. The monoisotopic (exact) mass is 340 g/mol. The van der Waals surface area contributed by atoms with Gasteiger partial charge in [0.2, 0.25) is 0 Å². The van der Waals surface area contributed by atoms with Gasteiger partial charge in [0.1, 0.15) is 11.4 Å². The first-order valence-corrected chi connectivity index (χ1v) is 8.02. The molecule has 2 heterocycles. The summed E-state index contributed by atoms with van der Waals surface area (Å²) in [4.78, 5) is 19.2. The van der Waals surface area contributed by atoms with E-state index in [1.54, 1.807) is 30.1 Å². The van der Waals surface area contributed by atoms with E-state index >= 15 is 0 Å². The van der Waals surface area contributed by atoms with Gasteiger partial charge < -0.3 is 20.1 Å². The first kappa shape index (κ1) is 16.9. The summed E-state index contributed by atoms with van der Waals surface area (Å²) < 4.78 is 7.50. The highest BCUT2D eigenvalue weighted by Crippen LogP contribution is 2.22. The summed E-state index contributed by atoms with van der Waals surface area (Å²) in [6.45, 7) is 2.10. The molecule has 3 rings (SSSR count). The van der Waals surface area contributed by atoms with E-state index in [4.69, 9.17) is 10.5 Å². The third-order valence-electron chi connectivity index (χ3n) is 4.09. The second kappa shape index (κ2) is 7.31. The van der Waals surface area contributed by atoms with Crippen molar-refractivity contribution in [3.63, 3.8) is 0 Å². The molecular weight excluding hydrogens is 320 g/mol. The van der Waals surface area contributed by atoms with Crippen LogP contribution in [-0.4, -0.2) is 38.3 Å². The van der Waals surface area contributed by atoms with Crippen LogP contribution in [0.3, 0.4) is 0 Å². The van der Waals surface area contributed by atoms with E-state index in [0.717, 1.165) is 16.5 Å². The zero-order chi connectivity index (χ0) is 17.8. The number of carbonyl (C=O) groups is 1. The second-order valence-electron chi connectivity index (χ2n) is 5.90. The number of hydrogen-bond donors (Lipinski definition) is 2. The number of ether oxygens (including phenoxy) is 1. The molecule has 0 bridgehead atoms. The highest BCUT2D eigenvalue weighted by molar-refractivity contribution is 5.90. The molecule has 1 aromatic carbocycles. The van der Waals surface area contributed by atoms with Gasteiger partial charge in [-0.05, 0) is 30.5 Å². The predicted octanol–water partition coefficient (Wildman–Crippen LogP) is 1.92. The van der Waals surface area contributed by atoms with Gasteiger partial charge in [-0.25, -0.2) is 4.98 Å². The Morgan fingerprint density at radius 2 is 2.20 bits per heavy atom. The summed E-state index contributed by atoms with van der Waals surface area (Å²) in [7, 11) is 0. The molecule has 0 aliphatic rings. The molecule has 2 aromatic heterocycles. The van der Waals surface area contributed by atoms with Gasteiger partial charge in [0.05, 0.1) is 25.1 Å². The van der Waals surface area contributed by atoms with Crippen LogP contribution in [0.2, 0.25) is 0 Å². The minimum absolute atomic E-state index is 0.175. The maximum Gasteiger partial charge on any atom is 0.268 e. The summed E-state index contributed by atoms with van der Waals surface area (Å²) >= 11 is 0. The average molecular weight is 340 g/mol. The van der Waals surface area contributed by atoms with Gasteiger partial charge in [0.15, 0.2) is 0 Å². The number of benzene rings is 1. The van der Waals surface area contributed by atoms with Crippen LogP contribution in [0.25, 0.3) is 10.8 Å². The zero-order valence-electron chi connectivity index (χ0n) is 13.9. The molecule has 0 fully saturated rings. The van der Waals surface area contributed by atoms with Gasteiger partial charge in [-0.2, -0.15) is 0 Å². The number of nitrogens with two attached hydrogens (primary N) is 1. The standard InChI is InChI=1S/C18H20N4O3/c1-12(23)17(22-10-16(18(19)24)21-11-22)5-7-25-15-3-2-13-4-6-20-9-14(13)8-15/h2-4,6,8-12,17,23H,5,7H2,1H3,(H2,19,24). The van der Waals surface area contributed by atoms with Gasteiger partial charge in [0.25, 0.3) is 5.91 Å². The summed E-state index contributed by atoms with van der Waals surface area (Å²) in [6.07, 6.45) is 6.51. The zero-order valence-corrected chi connectivity index (χ0v) is 13.9. The Bertz CT molecular complexity index is 875. The number of aromatic nitrogens is 3. The largest absolute Gasteiger partial charge is 0.493 e. The number of aliphatic hydroxyl groups is 1. The summed E-state index contributed by atoms with van der Waals surface area (Å²) in [5, 5.41) is 12.1. The highest BCUT2D eigenvalue weighted by Gasteiger charge is 2.18. The number of imidazole rings is 1. The Labute approximate surface area is 145 Å². The van der Waals surface area contributed by atoms with E-state index in [9.17, 15) is 9.90 Å². The lowest BCUT2D eigenvalue weighted by Gasteiger charge is -2.21. The number of nitrogens with zero attached hydrogens (tertiary/aromatic N) is 3. The number of pyridine rings is 1. The normalized spacial score (nSPS) is 13.5. The number of fused-ring (bicyclic) bond motifs is 1. The SMILES string of the molecule is CC(O)C(CCOc1ccc2ccncc2c1)n1cnc(C(N)=O)c1. The van der Waals surface area contributed by atoms with Crippen molar-refractivity contribution in [2.75, 3.05) is 6.61 Å². The number of aliphatic hydroxyl groups excluding tert-OH is 1. The quantitative estimate of drug-likeness (QED) is 0.684. The fraction of sp³-hybridized carbons (Fsp3) is 0.278. The maximum atomic E-state index is 11.2. The molecule has 7 heteroatoms. The van der Waals surface area contributed by atoms with Crippen LogP contribution < -0.4 is 10.5 Å². The molecule has 130 valence electrons. The number of hydrogen-bond acceptors (Lipinski definition) is 5. The van der Waals surface area contributed by atoms with Gasteiger partial charge in [-0.15, -0.1) is 0 Å². The topological polar surface area (TPSA) is 103 Å². The Kier molecular flexibility index (Phi) is 4.95. The average Bonchev–Trinajstić information content (AvgIpc) is 3.08. The first-order chi connectivity index (χ1) is 12.0. The van der Waals surface area contributed by atoms with Crippen molar-refractivity contribution >= 4 is 16.7 Å². The lowest BCUT2D eigenvalue weighted by atomic mass is 10.1. The first-order valence-electron chi connectivity index (χ1n) is 8.02. The van der Waals surface area contributed by atoms with E-state index in [1.807, 2.05) is 24.3 Å². The highest BCUT2D eigenvalue weighted by atomic mass is 16.5. The van der Waals surface area contributed by atoms with E-state index in [1.165, 1.54) is 6.33 Å². The van der Waals surface area contributed by atoms with Crippen LogP contribution in [0.5, 0.6) is 5.75 Å². The molecule has 0 aliphatic heterocycles. The van der Waals surface area contributed by atoms with Crippen molar-refractivity contribution in [3.05, 3.63) is 54.9 Å². The molecule has 0 radical (unpaired) electrons. The summed E-state index contributed by atoms with van der Waals surface area (Å²) in [5.41, 5.74) is 5.39. The minimum Gasteiger partial charge on any atom is -0.493 e. The van der Waals surface area contributed by atoms with Gasteiger partial charge in [-0.3, -0.25) is 9.78 Å². The molecule has 0 saturated carbocycles. The van der Waals surface area contributed by atoms with Crippen molar-refractivity contribution in [2.45, 2.75) is 25.5 Å². The van der Waals surface area contributed by atoms with Crippen LogP contribution in [0.15, 0.2) is 49.2 Å². The molecule has 0 saturated heterocycles.